The molecular formula is C28H32O11. The van der Waals surface area contributed by atoms with Gasteiger partial charge in [0.1, 0.15) is 11.7 Å². The van der Waals surface area contributed by atoms with E-state index in [1.165, 1.54) is 12.2 Å². The van der Waals surface area contributed by atoms with Gasteiger partial charge in [0.15, 0.2) is 28.4 Å². The number of esters is 2. The lowest BCUT2D eigenvalue weighted by Crippen LogP contribution is -2.79. The first-order valence-corrected chi connectivity index (χ1v) is 13.8. The molecule has 2 spiro atoms. The molecule has 0 radical (unpaired) electrons. The third kappa shape index (κ3) is 2.10. The molecular weight excluding hydrogens is 512 g/mol. The van der Waals surface area contributed by atoms with Gasteiger partial charge in [0.2, 0.25) is 5.79 Å². The van der Waals surface area contributed by atoms with Crippen molar-refractivity contribution in [1.29, 1.82) is 0 Å². The van der Waals surface area contributed by atoms with E-state index in [-0.39, 0.29) is 38.7 Å². The Bertz CT molecular complexity index is 1330. The molecule has 3 aliphatic carbocycles. The van der Waals surface area contributed by atoms with Crippen LogP contribution in [0.25, 0.3) is 0 Å². The number of rotatable bonds is 0. The van der Waals surface area contributed by atoms with E-state index in [0.29, 0.717) is 0 Å². The molecule has 7 fully saturated rings. The highest BCUT2D eigenvalue weighted by Gasteiger charge is 2.93. The van der Waals surface area contributed by atoms with Crippen molar-refractivity contribution in [1.82, 2.24) is 0 Å². The minimum absolute atomic E-state index is 0.0207. The molecule has 0 amide bonds. The second kappa shape index (κ2) is 6.49. The van der Waals surface area contributed by atoms with Gasteiger partial charge in [-0.15, -0.1) is 0 Å². The summed E-state index contributed by atoms with van der Waals surface area (Å²) in [6.07, 6.45) is 0.491. The predicted molar refractivity (Wildman–Crippen MR) is 125 cm³/mol. The zero-order valence-electron chi connectivity index (χ0n) is 22.0. The first-order valence-electron chi connectivity index (χ1n) is 13.8. The van der Waals surface area contributed by atoms with Gasteiger partial charge in [-0.25, -0.2) is 4.79 Å². The van der Waals surface area contributed by atoms with Gasteiger partial charge in [-0.2, -0.15) is 0 Å². The molecule has 210 valence electrons. The smallest absolute Gasteiger partial charge is 0.342 e. The van der Waals surface area contributed by atoms with E-state index in [2.05, 4.69) is 0 Å². The molecule has 11 heteroatoms. The molecule has 2 saturated carbocycles. The number of ketones is 2. The molecule has 5 heterocycles. The molecule has 0 aromatic rings. The van der Waals surface area contributed by atoms with Crippen molar-refractivity contribution in [2.24, 2.45) is 34.5 Å². The summed E-state index contributed by atoms with van der Waals surface area (Å²) in [5, 5.41) is 35.6. The van der Waals surface area contributed by atoms with E-state index < -0.39 is 98.4 Å². The van der Waals surface area contributed by atoms with E-state index in [4.69, 9.17) is 18.9 Å². The van der Waals surface area contributed by atoms with Crippen molar-refractivity contribution in [3.63, 3.8) is 0 Å². The fraction of sp³-hybridized carbons (Fsp3) is 0.786. The lowest BCUT2D eigenvalue weighted by Gasteiger charge is -2.64. The Morgan fingerprint density at radius 3 is 2.54 bits per heavy atom. The quantitative estimate of drug-likeness (QED) is 0.344. The van der Waals surface area contributed by atoms with Crippen molar-refractivity contribution in [3.8, 4) is 0 Å². The molecule has 8 aliphatic rings. The molecule has 11 nitrogen and oxygen atoms in total. The summed E-state index contributed by atoms with van der Waals surface area (Å²) < 4.78 is 24.9. The Labute approximate surface area is 223 Å². The number of allylic oxidation sites excluding steroid dienone is 1. The van der Waals surface area contributed by atoms with Crippen molar-refractivity contribution >= 4 is 23.5 Å². The third-order valence-electron chi connectivity index (χ3n) is 12.7. The van der Waals surface area contributed by atoms with Gasteiger partial charge in [0, 0.05) is 5.92 Å². The van der Waals surface area contributed by atoms with Crippen molar-refractivity contribution in [3.05, 3.63) is 12.2 Å². The molecule has 5 aliphatic heterocycles. The number of hydrogen-bond donors (Lipinski definition) is 3. The number of carbonyl (C=O) groups is 4. The molecule has 0 aromatic heterocycles. The molecule has 0 aromatic carbocycles. The summed E-state index contributed by atoms with van der Waals surface area (Å²) in [4.78, 5) is 55.5. The van der Waals surface area contributed by atoms with Gasteiger partial charge in [-0.05, 0) is 63.4 Å². The van der Waals surface area contributed by atoms with Crippen LogP contribution in [0.1, 0.15) is 52.9 Å². The van der Waals surface area contributed by atoms with Crippen LogP contribution in [-0.2, 0) is 38.1 Å². The SMILES string of the molecule is C[C@@]12C[C@H]3OC(=O)[C@@H]1CO[C@]14O[C@@]5([C@H]2C1=O)[C@@]3(C)OC(=O)[C@@]5(O)CC[C@H]1[C@H]4C[C@H](O)[C@@]2(O)CC=CC(=O)[C@]12C. The van der Waals surface area contributed by atoms with Crippen molar-refractivity contribution < 1.29 is 53.4 Å². The van der Waals surface area contributed by atoms with Crippen LogP contribution >= 0.6 is 0 Å². The summed E-state index contributed by atoms with van der Waals surface area (Å²) in [6, 6.07) is 0. The number of hydrogen-bond acceptors (Lipinski definition) is 11. The maximum absolute atomic E-state index is 14.9. The van der Waals surface area contributed by atoms with Crippen LogP contribution in [0.5, 0.6) is 0 Å². The molecule has 5 bridgehead atoms. The van der Waals surface area contributed by atoms with Gasteiger partial charge >= 0.3 is 11.9 Å². The Kier molecular flexibility index (Phi) is 4.09. The van der Waals surface area contributed by atoms with Crippen LogP contribution in [0.3, 0.4) is 0 Å². The fourth-order valence-corrected chi connectivity index (χ4v) is 10.6. The van der Waals surface area contributed by atoms with E-state index in [1.54, 1.807) is 20.8 Å². The van der Waals surface area contributed by atoms with Gasteiger partial charge in [0.05, 0.1) is 30.0 Å². The second-order valence-corrected chi connectivity index (χ2v) is 13.8. The monoisotopic (exact) mass is 544 g/mol. The summed E-state index contributed by atoms with van der Waals surface area (Å²) in [7, 11) is 0. The summed E-state index contributed by atoms with van der Waals surface area (Å²) in [5.74, 6) is -8.35. The van der Waals surface area contributed by atoms with Crippen LogP contribution < -0.4 is 0 Å². The molecule has 3 N–H and O–H groups in total. The average molecular weight is 545 g/mol. The Hall–Kier alpha value is -2.18. The predicted octanol–water partition coefficient (Wildman–Crippen LogP) is -0.277. The first kappa shape index (κ1) is 24.6. The number of fused-ring (bicyclic) bond motifs is 5. The Morgan fingerprint density at radius 1 is 1.05 bits per heavy atom. The van der Waals surface area contributed by atoms with Crippen LogP contribution in [0.2, 0.25) is 0 Å². The first-order chi connectivity index (χ1) is 18.2. The highest BCUT2D eigenvalue weighted by Crippen LogP contribution is 2.75. The van der Waals surface area contributed by atoms with E-state index in [9.17, 15) is 34.5 Å². The minimum atomic E-state index is -2.32. The van der Waals surface area contributed by atoms with E-state index >= 15 is 0 Å². The Morgan fingerprint density at radius 2 is 1.79 bits per heavy atom. The van der Waals surface area contributed by atoms with Gasteiger partial charge in [0.25, 0.3) is 0 Å². The van der Waals surface area contributed by atoms with Crippen LogP contribution in [-0.4, -0.2) is 85.8 Å². The van der Waals surface area contributed by atoms with Gasteiger partial charge in [-0.1, -0.05) is 13.0 Å². The molecule has 5 saturated heterocycles. The molecule has 0 unspecified atom stereocenters. The minimum Gasteiger partial charge on any atom is -0.458 e. The highest BCUT2D eigenvalue weighted by molar-refractivity contribution is 6.00. The largest absolute Gasteiger partial charge is 0.458 e. The number of ether oxygens (including phenoxy) is 4. The summed E-state index contributed by atoms with van der Waals surface area (Å²) in [6.45, 7) is 4.69. The number of aliphatic hydroxyl groups excluding tert-OH is 1. The average Bonchev–Trinajstić information content (AvgIpc) is 3.19. The molecule has 13 atom stereocenters. The van der Waals surface area contributed by atoms with Crippen molar-refractivity contribution in [2.75, 3.05) is 6.61 Å². The maximum Gasteiger partial charge on any atom is 0.342 e. The van der Waals surface area contributed by atoms with Crippen LogP contribution in [0.15, 0.2) is 12.2 Å². The number of carbonyl (C=O) groups excluding carboxylic acids is 4. The fourth-order valence-electron chi connectivity index (χ4n) is 10.6. The van der Waals surface area contributed by atoms with E-state index in [0.717, 1.165) is 0 Å². The third-order valence-corrected chi connectivity index (χ3v) is 12.7. The zero-order valence-corrected chi connectivity index (χ0v) is 22.0. The lowest BCUT2D eigenvalue weighted by atomic mass is 9.46. The van der Waals surface area contributed by atoms with Gasteiger partial charge in [-0.3, -0.25) is 14.4 Å². The zero-order chi connectivity index (χ0) is 27.8. The Balaban J connectivity index is 1.43. The highest BCUT2D eigenvalue weighted by atomic mass is 16.8. The molecule has 8 rings (SSSR count). The topological polar surface area (TPSA) is 166 Å². The van der Waals surface area contributed by atoms with Crippen molar-refractivity contribution in [2.45, 2.75) is 93.3 Å². The number of aliphatic hydroxyl groups is 3. The number of Topliss-reactive ketones (excluding diaryl/α,β-unsaturated/α-hetero) is 1. The maximum atomic E-state index is 14.9. The van der Waals surface area contributed by atoms with Crippen LogP contribution in [0, 0.1) is 34.5 Å². The lowest BCUT2D eigenvalue weighted by molar-refractivity contribution is -0.382. The van der Waals surface area contributed by atoms with E-state index in [1.807, 2.05) is 0 Å². The summed E-state index contributed by atoms with van der Waals surface area (Å²) >= 11 is 0. The second-order valence-electron chi connectivity index (χ2n) is 13.8. The summed E-state index contributed by atoms with van der Waals surface area (Å²) in [5.41, 5.74) is -10.4. The van der Waals surface area contributed by atoms with Gasteiger partial charge < -0.3 is 34.3 Å². The molecule has 39 heavy (non-hydrogen) atoms. The standard InChI is InChI=1S/C28H32O11/c1-22-10-17-24(3)28-18(22)19(31)27(39-28,36-11-14(22)20(32)37-17)13-9-16(30)25(34)7-4-5-15(29)23(25,2)12(13)6-8-26(28,35)21(33)38-24/h4-5,12-14,16-18,30,34-35H,6-11H2,1-3H3/t12-,13+,14-,16-,17+,18-,22+,23-,24-,25-,26-,27+,28-/m0/s1. The normalized spacial score (nSPS) is 62.0. The van der Waals surface area contributed by atoms with Crippen LogP contribution in [0.4, 0.5) is 0 Å².